The molecule has 0 radical (unpaired) electrons. The van der Waals surface area contributed by atoms with Gasteiger partial charge in [-0.3, -0.25) is 9.59 Å². The number of nitrogens with one attached hydrogen (secondary N) is 1. The normalized spacial score (nSPS) is 21.0. The number of ketones is 1. The van der Waals surface area contributed by atoms with Crippen LogP contribution in [0.5, 0.6) is 0 Å². The van der Waals surface area contributed by atoms with Crippen LogP contribution in [-0.2, 0) is 6.42 Å². The lowest BCUT2D eigenvalue weighted by Gasteiger charge is -2.27. The predicted octanol–water partition coefficient (Wildman–Crippen LogP) is 2.63. The van der Waals surface area contributed by atoms with Crippen LogP contribution in [0.25, 0.3) is 0 Å². The van der Waals surface area contributed by atoms with Gasteiger partial charge in [0.1, 0.15) is 5.76 Å². The van der Waals surface area contributed by atoms with Crippen LogP contribution in [-0.4, -0.2) is 29.4 Å². The summed E-state index contributed by atoms with van der Waals surface area (Å²) in [6.07, 6.45) is 3.89. The highest BCUT2D eigenvalue weighted by Gasteiger charge is 2.38. The van der Waals surface area contributed by atoms with Crippen molar-refractivity contribution in [2.75, 3.05) is 6.61 Å². The summed E-state index contributed by atoms with van der Waals surface area (Å²) in [4.78, 5) is 24.9. The molecular weight excluding hydrogens is 294 g/mol. The highest BCUT2D eigenvalue weighted by molar-refractivity contribution is 6.03. The first-order valence-corrected chi connectivity index (χ1v) is 8.39. The third-order valence-corrected chi connectivity index (χ3v) is 4.93. The minimum Gasteiger partial charge on any atom is -0.455 e. The molecule has 1 heterocycles. The van der Waals surface area contributed by atoms with E-state index < -0.39 is 0 Å². The maximum Gasteiger partial charge on any atom is 0.287 e. The van der Waals surface area contributed by atoms with Crippen LogP contribution < -0.4 is 5.32 Å². The quantitative estimate of drug-likeness (QED) is 0.874. The molecule has 0 aromatic carbocycles. The number of rotatable bonds is 5. The first kappa shape index (κ1) is 16.2. The van der Waals surface area contributed by atoms with E-state index in [9.17, 15) is 9.59 Å². The molecule has 1 amide bonds. The smallest absolute Gasteiger partial charge is 0.287 e. The Morgan fingerprint density at radius 3 is 2.70 bits per heavy atom. The number of aliphatic hydroxyl groups is 1. The zero-order valence-corrected chi connectivity index (χ0v) is 14.1. The number of Topliss-reactive ketones (excluding diaryl/α,β-unsaturated/α-hetero) is 1. The van der Waals surface area contributed by atoms with Gasteiger partial charge in [-0.15, -0.1) is 0 Å². The lowest BCUT2D eigenvalue weighted by atomic mass is 9.76. The van der Waals surface area contributed by atoms with Crippen molar-refractivity contribution >= 4 is 11.7 Å². The first-order chi connectivity index (χ1) is 10.8. The second kappa shape index (κ2) is 5.78. The summed E-state index contributed by atoms with van der Waals surface area (Å²) in [5, 5.41) is 12.1. The van der Waals surface area contributed by atoms with Crippen molar-refractivity contribution in [3.05, 3.63) is 22.6 Å². The van der Waals surface area contributed by atoms with Crippen LogP contribution in [0.4, 0.5) is 0 Å². The predicted molar refractivity (Wildman–Crippen MR) is 85.6 cm³/mol. The molecule has 1 aromatic rings. The van der Waals surface area contributed by atoms with Crippen LogP contribution in [0.2, 0.25) is 0 Å². The number of hydrogen-bond acceptors (Lipinski definition) is 4. The van der Waals surface area contributed by atoms with Gasteiger partial charge in [0.15, 0.2) is 11.5 Å². The monoisotopic (exact) mass is 319 g/mol. The summed E-state index contributed by atoms with van der Waals surface area (Å²) < 4.78 is 5.79. The summed E-state index contributed by atoms with van der Waals surface area (Å²) in [6.45, 7) is 5.92. The molecule has 5 nitrogen and oxygen atoms in total. The molecule has 0 saturated heterocycles. The van der Waals surface area contributed by atoms with E-state index in [1.165, 1.54) is 0 Å². The number of carbonyl (C=O) groups excluding carboxylic acids is 2. The molecule has 1 unspecified atom stereocenters. The van der Waals surface area contributed by atoms with E-state index in [1.54, 1.807) is 6.92 Å². The van der Waals surface area contributed by atoms with Gasteiger partial charge >= 0.3 is 0 Å². The van der Waals surface area contributed by atoms with E-state index in [-0.39, 0.29) is 35.5 Å². The Labute approximate surface area is 136 Å². The van der Waals surface area contributed by atoms with Crippen molar-refractivity contribution in [1.29, 1.82) is 0 Å². The van der Waals surface area contributed by atoms with Gasteiger partial charge in [0.05, 0.1) is 5.56 Å². The van der Waals surface area contributed by atoms with E-state index in [1.807, 2.05) is 13.8 Å². The maximum atomic E-state index is 12.6. The minimum atomic E-state index is -0.271. The Bertz CT molecular complexity index is 640. The van der Waals surface area contributed by atoms with Crippen LogP contribution in [0, 0.1) is 18.3 Å². The Morgan fingerprint density at radius 2 is 2.09 bits per heavy atom. The second-order valence-electron chi connectivity index (χ2n) is 7.72. The Morgan fingerprint density at radius 1 is 1.39 bits per heavy atom. The standard InChI is InChI=1S/C18H25NO4/c1-10-15-13(21)8-18(2,3)9-14(15)23-16(10)17(22)19-12(6-7-20)11-4-5-11/h11-12,20H,4-9H2,1-3H3,(H,19,22). The van der Waals surface area contributed by atoms with Gasteiger partial charge in [-0.1, -0.05) is 13.8 Å². The zero-order valence-electron chi connectivity index (χ0n) is 14.1. The van der Waals surface area contributed by atoms with Crippen LogP contribution in [0.15, 0.2) is 4.42 Å². The highest BCUT2D eigenvalue weighted by atomic mass is 16.4. The van der Waals surface area contributed by atoms with Crippen molar-refractivity contribution in [1.82, 2.24) is 5.32 Å². The molecule has 1 aromatic heterocycles. The topological polar surface area (TPSA) is 79.5 Å². The van der Waals surface area contributed by atoms with Gasteiger partial charge in [0.2, 0.25) is 0 Å². The Kier molecular flexibility index (Phi) is 4.08. The lowest BCUT2D eigenvalue weighted by molar-refractivity contribution is 0.0875. The number of hydrogen-bond donors (Lipinski definition) is 2. The summed E-state index contributed by atoms with van der Waals surface area (Å²) in [6, 6.07) is -0.0128. The van der Waals surface area contributed by atoms with Gasteiger partial charge < -0.3 is 14.8 Å². The summed E-state index contributed by atoms with van der Waals surface area (Å²) in [5.41, 5.74) is 1.12. The molecule has 126 valence electrons. The molecule has 2 aliphatic rings. The fourth-order valence-corrected chi connectivity index (χ4v) is 3.60. The number of aliphatic hydroxyl groups excluding tert-OH is 1. The molecular formula is C18H25NO4. The number of carbonyl (C=O) groups is 2. The SMILES string of the molecule is Cc1c(C(=O)NC(CCO)C2CC2)oc2c1C(=O)CC(C)(C)C2. The number of furan rings is 1. The Balaban J connectivity index is 1.83. The van der Waals surface area contributed by atoms with Crippen LogP contribution in [0.1, 0.15) is 71.8 Å². The number of amides is 1. The molecule has 5 heteroatoms. The average Bonchev–Trinajstić information content (AvgIpc) is 3.22. The van der Waals surface area contributed by atoms with Gasteiger partial charge in [-0.25, -0.2) is 0 Å². The molecule has 1 fully saturated rings. The molecule has 1 atom stereocenters. The van der Waals surface area contributed by atoms with Crippen molar-refractivity contribution < 1.29 is 19.1 Å². The number of fused-ring (bicyclic) bond motifs is 1. The van der Waals surface area contributed by atoms with E-state index in [0.29, 0.717) is 42.1 Å². The van der Waals surface area contributed by atoms with Gasteiger partial charge in [0, 0.05) is 31.1 Å². The summed E-state index contributed by atoms with van der Waals surface area (Å²) in [5.74, 6) is 1.14. The summed E-state index contributed by atoms with van der Waals surface area (Å²) in [7, 11) is 0. The zero-order chi connectivity index (χ0) is 16.8. The van der Waals surface area contributed by atoms with Crippen molar-refractivity contribution in [3.63, 3.8) is 0 Å². The second-order valence-corrected chi connectivity index (χ2v) is 7.72. The highest BCUT2D eigenvalue weighted by Crippen LogP contribution is 2.39. The fraction of sp³-hybridized carbons (Fsp3) is 0.667. The van der Waals surface area contributed by atoms with Crippen LogP contribution >= 0.6 is 0 Å². The molecule has 2 N–H and O–H groups in total. The fourth-order valence-electron chi connectivity index (χ4n) is 3.60. The third kappa shape index (κ3) is 3.20. The van der Waals surface area contributed by atoms with Crippen molar-refractivity contribution in [2.24, 2.45) is 11.3 Å². The van der Waals surface area contributed by atoms with Crippen LogP contribution in [0.3, 0.4) is 0 Å². The summed E-state index contributed by atoms with van der Waals surface area (Å²) >= 11 is 0. The molecule has 23 heavy (non-hydrogen) atoms. The molecule has 0 aliphatic heterocycles. The Hall–Kier alpha value is -1.62. The lowest BCUT2D eigenvalue weighted by Crippen LogP contribution is -2.37. The van der Waals surface area contributed by atoms with E-state index in [0.717, 1.165) is 12.8 Å². The van der Waals surface area contributed by atoms with Crippen molar-refractivity contribution in [3.8, 4) is 0 Å². The largest absolute Gasteiger partial charge is 0.455 e. The molecule has 3 rings (SSSR count). The average molecular weight is 319 g/mol. The van der Waals surface area contributed by atoms with Gasteiger partial charge in [-0.05, 0) is 37.5 Å². The van der Waals surface area contributed by atoms with Gasteiger partial charge in [0.25, 0.3) is 5.91 Å². The van der Waals surface area contributed by atoms with E-state index in [4.69, 9.17) is 9.52 Å². The maximum absolute atomic E-state index is 12.6. The van der Waals surface area contributed by atoms with E-state index in [2.05, 4.69) is 5.32 Å². The molecule has 0 bridgehead atoms. The third-order valence-electron chi connectivity index (χ3n) is 4.93. The van der Waals surface area contributed by atoms with E-state index >= 15 is 0 Å². The first-order valence-electron chi connectivity index (χ1n) is 8.39. The van der Waals surface area contributed by atoms with Crippen molar-refractivity contribution in [2.45, 2.75) is 58.9 Å². The molecule has 0 spiro atoms. The van der Waals surface area contributed by atoms with Gasteiger partial charge in [-0.2, -0.15) is 0 Å². The minimum absolute atomic E-state index is 0.0128. The molecule has 1 saturated carbocycles. The molecule has 2 aliphatic carbocycles.